The van der Waals surface area contributed by atoms with Gasteiger partial charge in [0, 0.05) is 19.1 Å². The zero-order chi connectivity index (χ0) is 12.9. The molecule has 2 heterocycles. The molecule has 1 amide bonds. The van der Waals surface area contributed by atoms with Gasteiger partial charge in [0.2, 0.25) is 0 Å². The molecule has 2 aliphatic heterocycles. The number of fused-ring (bicyclic) bond motifs is 2. The average molecular weight is 251 g/mol. The fourth-order valence-corrected chi connectivity index (χ4v) is 2.98. The Morgan fingerprint density at radius 1 is 1.39 bits per heavy atom. The molecule has 5 nitrogen and oxygen atoms in total. The predicted octanol–water partition coefficient (Wildman–Crippen LogP) is 1.35. The van der Waals surface area contributed by atoms with Crippen LogP contribution in [-0.2, 0) is 0 Å². The number of nitrogen functional groups attached to an aromatic ring is 1. The van der Waals surface area contributed by atoms with E-state index in [0.29, 0.717) is 18.8 Å². The summed E-state index contributed by atoms with van der Waals surface area (Å²) in [6.45, 7) is 1.13. The van der Waals surface area contributed by atoms with Crippen molar-refractivity contribution in [3.8, 4) is 0 Å². The number of likely N-dealkylation sites (tertiary alicyclic amines) is 1. The highest BCUT2D eigenvalue weighted by atomic mass is 19.1. The van der Waals surface area contributed by atoms with Crippen LogP contribution in [0, 0.1) is 5.82 Å². The van der Waals surface area contributed by atoms with E-state index >= 15 is 0 Å². The second kappa shape index (κ2) is 3.76. The first kappa shape index (κ1) is 11.1. The van der Waals surface area contributed by atoms with Crippen molar-refractivity contribution in [3.63, 3.8) is 0 Å². The van der Waals surface area contributed by atoms with Crippen molar-refractivity contribution in [3.05, 3.63) is 24.0 Å². The molecule has 0 spiro atoms. The Hall–Kier alpha value is -1.98. The van der Waals surface area contributed by atoms with Crippen molar-refractivity contribution in [2.24, 2.45) is 0 Å². The van der Waals surface area contributed by atoms with Crippen molar-refractivity contribution < 1.29 is 14.3 Å². The maximum atomic E-state index is 13.0. The number of carbonyl (C=O) groups is 1. The van der Waals surface area contributed by atoms with Crippen molar-refractivity contribution in [1.82, 2.24) is 4.90 Å². The van der Waals surface area contributed by atoms with Gasteiger partial charge in [0.25, 0.3) is 0 Å². The molecule has 18 heavy (non-hydrogen) atoms. The van der Waals surface area contributed by atoms with E-state index < -0.39 is 6.09 Å². The number of nitrogens with zero attached hydrogens (tertiary/aromatic N) is 2. The third kappa shape index (κ3) is 1.56. The number of hydrogen-bond donors (Lipinski definition) is 2. The topological polar surface area (TPSA) is 69.8 Å². The number of hydrogen-bond acceptors (Lipinski definition) is 3. The first-order valence-electron chi connectivity index (χ1n) is 5.87. The van der Waals surface area contributed by atoms with Crippen LogP contribution in [0.15, 0.2) is 18.2 Å². The van der Waals surface area contributed by atoms with E-state index in [1.807, 2.05) is 0 Å². The first-order valence-corrected chi connectivity index (χ1v) is 5.87. The molecule has 0 saturated carbocycles. The lowest BCUT2D eigenvalue weighted by molar-refractivity contribution is 0.137. The molecule has 2 fully saturated rings. The fraction of sp³-hybridized carbons (Fsp3) is 0.417. The van der Waals surface area contributed by atoms with Gasteiger partial charge in [0.1, 0.15) is 5.82 Å². The van der Waals surface area contributed by atoms with Crippen LogP contribution < -0.4 is 10.6 Å². The third-order valence-corrected chi connectivity index (χ3v) is 3.79. The Bertz CT molecular complexity index is 508. The second-order valence-corrected chi connectivity index (χ2v) is 4.83. The third-order valence-electron chi connectivity index (χ3n) is 3.79. The number of carboxylic acid groups (broad SMARTS) is 1. The van der Waals surface area contributed by atoms with Crippen molar-refractivity contribution in [2.75, 3.05) is 23.7 Å². The second-order valence-electron chi connectivity index (χ2n) is 4.83. The van der Waals surface area contributed by atoms with Gasteiger partial charge in [0.15, 0.2) is 0 Å². The van der Waals surface area contributed by atoms with Crippen LogP contribution in [0.25, 0.3) is 0 Å². The molecule has 2 bridgehead atoms. The highest BCUT2D eigenvalue weighted by Gasteiger charge is 2.45. The fourth-order valence-electron chi connectivity index (χ4n) is 2.98. The van der Waals surface area contributed by atoms with E-state index in [1.165, 1.54) is 17.0 Å². The molecule has 6 heteroatoms. The van der Waals surface area contributed by atoms with Crippen molar-refractivity contribution >= 4 is 17.5 Å². The van der Waals surface area contributed by atoms with Gasteiger partial charge in [-0.15, -0.1) is 0 Å². The van der Waals surface area contributed by atoms with Gasteiger partial charge in [0.05, 0.1) is 17.4 Å². The Balaban J connectivity index is 1.83. The molecule has 2 saturated heterocycles. The molecule has 2 atom stereocenters. The molecule has 2 unspecified atom stereocenters. The summed E-state index contributed by atoms with van der Waals surface area (Å²) in [7, 11) is 0. The van der Waals surface area contributed by atoms with Crippen LogP contribution in [0.1, 0.15) is 6.42 Å². The number of piperazine rings is 1. The Morgan fingerprint density at radius 2 is 2.17 bits per heavy atom. The maximum Gasteiger partial charge on any atom is 0.407 e. The monoisotopic (exact) mass is 251 g/mol. The number of benzene rings is 1. The summed E-state index contributed by atoms with van der Waals surface area (Å²) < 4.78 is 13.0. The van der Waals surface area contributed by atoms with Crippen LogP contribution in [-0.4, -0.2) is 41.3 Å². The first-order chi connectivity index (χ1) is 8.56. The van der Waals surface area contributed by atoms with Crippen molar-refractivity contribution in [1.29, 1.82) is 0 Å². The molecule has 96 valence electrons. The highest BCUT2D eigenvalue weighted by Crippen LogP contribution is 2.37. The standard InChI is InChI=1S/C12H14FN3O2/c13-7-1-2-11(10(14)3-7)15-5-9-4-8(15)6-16(9)12(17)18/h1-3,8-9H,4-6,14H2,(H,17,18). The van der Waals surface area contributed by atoms with E-state index in [4.69, 9.17) is 10.8 Å². The SMILES string of the molecule is Nc1cc(F)ccc1N1CC2CC1CN2C(=O)O. The summed E-state index contributed by atoms with van der Waals surface area (Å²) in [4.78, 5) is 14.5. The molecule has 0 radical (unpaired) electrons. The minimum absolute atomic E-state index is 0.0250. The van der Waals surface area contributed by atoms with E-state index in [9.17, 15) is 9.18 Å². The Morgan fingerprint density at radius 3 is 2.72 bits per heavy atom. The summed E-state index contributed by atoms with van der Waals surface area (Å²) in [5.41, 5.74) is 7.02. The van der Waals surface area contributed by atoms with Crippen LogP contribution in [0.4, 0.5) is 20.6 Å². The summed E-state index contributed by atoms with van der Waals surface area (Å²) in [6.07, 6.45) is -0.0439. The largest absolute Gasteiger partial charge is 0.465 e. The molecular weight excluding hydrogens is 237 g/mol. The average Bonchev–Trinajstić information content (AvgIpc) is 2.88. The normalized spacial score (nSPS) is 25.8. The molecule has 0 aromatic heterocycles. The quantitative estimate of drug-likeness (QED) is 0.739. The van der Waals surface area contributed by atoms with E-state index in [0.717, 1.165) is 12.1 Å². The van der Waals surface area contributed by atoms with Gasteiger partial charge in [-0.25, -0.2) is 9.18 Å². The van der Waals surface area contributed by atoms with Gasteiger partial charge >= 0.3 is 6.09 Å². The number of halogens is 1. The van der Waals surface area contributed by atoms with Gasteiger partial charge in [-0.1, -0.05) is 0 Å². The number of rotatable bonds is 1. The zero-order valence-corrected chi connectivity index (χ0v) is 9.71. The molecule has 3 rings (SSSR count). The number of nitrogens with two attached hydrogens (primary N) is 1. The van der Waals surface area contributed by atoms with Crippen LogP contribution in [0.5, 0.6) is 0 Å². The lowest BCUT2D eigenvalue weighted by Gasteiger charge is -2.34. The summed E-state index contributed by atoms with van der Waals surface area (Å²) >= 11 is 0. The lowest BCUT2D eigenvalue weighted by atomic mass is 10.2. The predicted molar refractivity (Wildman–Crippen MR) is 65.1 cm³/mol. The smallest absolute Gasteiger partial charge is 0.407 e. The molecule has 1 aromatic carbocycles. The molecule has 1 aromatic rings. The summed E-state index contributed by atoms with van der Waals surface area (Å²) in [5, 5.41) is 9.02. The van der Waals surface area contributed by atoms with Gasteiger partial charge in [-0.05, 0) is 24.6 Å². The molecule has 2 aliphatic rings. The Labute approximate surface area is 104 Å². The molecule has 0 aliphatic carbocycles. The van der Waals surface area contributed by atoms with Crippen LogP contribution in [0.3, 0.4) is 0 Å². The maximum absolute atomic E-state index is 13.0. The molecular formula is C12H14FN3O2. The number of amides is 1. The van der Waals surface area contributed by atoms with Gasteiger partial charge in [-0.2, -0.15) is 0 Å². The Kier molecular flexibility index (Phi) is 2.33. The van der Waals surface area contributed by atoms with E-state index in [2.05, 4.69) is 4.90 Å². The van der Waals surface area contributed by atoms with Crippen LogP contribution >= 0.6 is 0 Å². The van der Waals surface area contributed by atoms with E-state index in [-0.39, 0.29) is 17.9 Å². The minimum atomic E-state index is -0.866. The lowest BCUT2D eigenvalue weighted by Crippen LogP contribution is -2.48. The zero-order valence-electron chi connectivity index (χ0n) is 9.71. The minimum Gasteiger partial charge on any atom is -0.465 e. The summed E-state index contributed by atoms with van der Waals surface area (Å²) in [5.74, 6) is -0.354. The highest BCUT2D eigenvalue weighted by molar-refractivity contribution is 5.71. The summed E-state index contributed by atoms with van der Waals surface area (Å²) in [6, 6.07) is 4.52. The van der Waals surface area contributed by atoms with Gasteiger partial charge in [-0.3, -0.25) is 0 Å². The van der Waals surface area contributed by atoms with Crippen molar-refractivity contribution in [2.45, 2.75) is 18.5 Å². The molecule has 3 N–H and O–H groups in total. The van der Waals surface area contributed by atoms with E-state index in [1.54, 1.807) is 6.07 Å². The van der Waals surface area contributed by atoms with Crippen LogP contribution in [0.2, 0.25) is 0 Å². The van der Waals surface area contributed by atoms with Gasteiger partial charge < -0.3 is 20.6 Å². The number of anilines is 2.